The lowest BCUT2D eigenvalue weighted by atomic mass is 10.1. The molecule has 0 spiro atoms. The Morgan fingerprint density at radius 1 is 1.44 bits per heavy atom. The lowest BCUT2D eigenvalue weighted by Crippen LogP contribution is -2.22. The number of aromatic hydroxyl groups is 1. The van der Waals surface area contributed by atoms with Gasteiger partial charge in [0.1, 0.15) is 6.04 Å². The van der Waals surface area contributed by atoms with Gasteiger partial charge >= 0.3 is 0 Å². The Balaban J connectivity index is 2.73. The summed E-state index contributed by atoms with van der Waals surface area (Å²) in [5.74, 6) is 1.07. The van der Waals surface area contributed by atoms with Crippen LogP contribution in [0.15, 0.2) is 18.2 Å². The number of phenols is 1. The van der Waals surface area contributed by atoms with Crippen molar-refractivity contribution < 1.29 is 9.84 Å². The van der Waals surface area contributed by atoms with E-state index in [2.05, 4.69) is 25.2 Å². The summed E-state index contributed by atoms with van der Waals surface area (Å²) in [7, 11) is 1.49. The van der Waals surface area contributed by atoms with E-state index in [1.165, 1.54) is 7.11 Å². The van der Waals surface area contributed by atoms with Gasteiger partial charge in [-0.1, -0.05) is 19.9 Å². The molecule has 18 heavy (non-hydrogen) atoms. The van der Waals surface area contributed by atoms with Crippen LogP contribution in [0.5, 0.6) is 11.5 Å². The van der Waals surface area contributed by atoms with Crippen molar-refractivity contribution in [3.63, 3.8) is 0 Å². The van der Waals surface area contributed by atoms with E-state index in [4.69, 9.17) is 10.00 Å². The van der Waals surface area contributed by atoms with E-state index in [0.717, 1.165) is 18.5 Å². The Hall–Kier alpha value is -1.73. The molecule has 0 saturated carbocycles. The van der Waals surface area contributed by atoms with Crippen molar-refractivity contribution in [3.8, 4) is 17.6 Å². The highest BCUT2D eigenvalue weighted by molar-refractivity contribution is 5.43. The average molecular weight is 248 g/mol. The van der Waals surface area contributed by atoms with E-state index in [1.807, 2.05) is 0 Å². The molecule has 1 aromatic carbocycles. The van der Waals surface area contributed by atoms with Crippen LogP contribution in [-0.2, 0) is 0 Å². The molecule has 0 amide bonds. The molecule has 0 saturated heterocycles. The van der Waals surface area contributed by atoms with Gasteiger partial charge < -0.3 is 9.84 Å². The third-order valence-corrected chi connectivity index (χ3v) is 2.74. The SMILES string of the molecule is COc1cc(C(C#N)NCCC(C)C)ccc1O. The lowest BCUT2D eigenvalue weighted by molar-refractivity contribution is 0.372. The number of hydrogen-bond donors (Lipinski definition) is 2. The molecule has 4 heteroatoms. The largest absolute Gasteiger partial charge is 0.504 e. The first-order chi connectivity index (χ1) is 8.58. The van der Waals surface area contributed by atoms with E-state index >= 15 is 0 Å². The van der Waals surface area contributed by atoms with Gasteiger partial charge in [0.05, 0.1) is 13.2 Å². The Kier molecular flexibility index (Phi) is 5.47. The fraction of sp³-hybridized carbons (Fsp3) is 0.500. The van der Waals surface area contributed by atoms with Crippen LogP contribution < -0.4 is 10.1 Å². The fourth-order valence-electron chi connectivity index (χ4n) is 1.63. The minimum Gasteiger partial charge on any atom is -0.504 e. The molecule has 0 radical (unpaired) electrons. The van der Waals surface area contributed by atoms with Crippen molar-refractivity contribution in [1.29, 1.82) is 5.26 Å². The van der Waals surface area contributed by atoms with E-state index < -0.39 is 0 Å². The highest BCUT2D eigenvalue weighted by Crippen LogP contribution is 2.28. The van der Waals surface area contributed by atoms with E-state index in [0.29, 0.717) is 11.7 Å². The number of phenolic OH excluding ortho intramolecular Hbond substituents is 1. The molecule has 1 aromatic rings. The van der Waals surface area contributed by atoms with Crippen LogP contribution in [0.1, 0.15) is 31.9 Å². The van der Waals surface area contributed by atoms with Gasteiger partial charge in [0.2, 0.25) is 0 Å². The molecule has 0 aliphatic rings. The van der Waals surface area contributed by atoms with Crippen molar-refractivity contribution in [3.05, 3.63) is 23.8 Å². The van der Waals surface area contributed by atoms with Gasteiger partial charge in [0, 0.05) is 0 Å². The molecular weight excluding hydrogens is 228 g/mol. The first-order valence-electron chi connectivity index (χ1n) is 6.08. The maximum absolute atomic E-state index is 9.51. The van der Waals surface area contributed by atoms with Gasteiger partial charge in [0.15, 0.2) is 11.5 Å². The second-order valence-electron chi connectivity index (χ2n) is 4.63. The van der Waals surface area contributed by atoms with Crippen LogP contribution in [0, 0.1) is 17.2 Å². The van der Waals surface area contributed by atoms with E-state index in [-0.39, 0.29) is 11.8 Å². The zero-order valence-electron chi connectivity index (χ0n) is 11.1. The summed E-state index contributed by atoms with van der Waals surface area (Å²) in [5, 5.41) is 21.9. The smallest absolute Gasteiger partial charge is 0.160 e. The maximum Gasteiger partial charge on any atom is 0.160 e. The highest BCUT2D eigenvalue weighted by atomic mass is 16.5. The van der Waals surface area contributed by atoms with Crippen molar-refractivity contribution in [2.75, 3.05) is 13.7 Å². The number of nitrogens with one attached hydrogen (secondary N) is 1. The number of nitrogens with zero attached hydrogens (tertiary/aromatic N) is 1. The number of rotatable bonds is 6. The van der Waals surface area contributed by atoms with Crippen LogP contribution in [0.3, 0.4) is 0 Å². The van der Waals surface area contributed by atoms with Crippen molar-refractivity contribution in [2.24, 2.45) is 5.92 Å². The van der Waals surface area contributed by atoms with Crippen molar-refractivity contribution >= 4 is 0 Å². The minimum absolute atomic E-state index is 0.0834. The molecule has 98 valence electrons. The normalized spacial score (nSPS) is 12.2. The topological polar surface area (TPSA) is 65.3 Å². The van der Waals surface area contributed by atoms with Gasteiger partial charge in [0.25, 0.3) is 0 Å². The third kappa shape index (κ3) is 3.94. The molecular formula is C14H20N2O2. The third-order valence-electron chi connectivity index (χ3n) is 2.74. The first-order valence-corrected chi connectivity index (χ1v) is 6.08. The highest BCUT2D eigenvalue weighted by Gasteiger charge is 2.12. The van der Waals surface area contributed by atoms with Crippen LogP contribution >= 0.6 is 0 Å². The second kappa shape index (κ2) is 6.87. The standard InChI is InChI=1S/C14H20N2O2/c1-10(2)6-7-16-12(9-15)11-4-5-13(17)14(8-11)18-3/h4-5,8,10,12,16-17H,6-7H2,1-3H3. The summed E-state index contributed by atoms with van der Waals surface area (Å²) < 4.78 is 5.04. The predicted octanol–water partition coefficient (Wildman–Crippen LogP) is 2.60. The Labute approximate surface area is 108 Å². The van der Waals surface area contributed by atoms with Crippen LogP contribution in [0.25, 0.3) is 0 Å². The van der Waals surface area contributed by atoms with Crippen LogP contribution in [-0.4, -0.2) is 18.8 Å². The summed E-state index contributed by atoms with van der Waals surface area (Å²) in [6.07, 6.45) is 1.02. The molecule has 1 atom stereocenters. The predicted molar refractivity (Wildman–Crippen MR) is 70.5 cm³/mol. The Morgan fingerprint density at radius 3 is 2.72 bits per heavy atom. The lowest BCUT2D eigenvalue weighted by Gasteiger charge is -2.14. The maximum atomic E-state index is 9.51. The van der Waals surface area contributed by atoms with Crippen molar-refractivity contribution in [2.45, 2.75) is 26.3 Å². The quantitative estimate of drug-likeness (QED) is 0.812. The monoisotopic (exact) mass is 248 g/mol. The Morgan fingerprint density at radius 2 is 2.17 bits per heavy atom. The molecule has 0 aromatic heterocycles. The van der Waals surface area contributed by atoms with E-state index in [9.17, 15) is 5.11 Å². The molecule has 1 unspecified atom stereocenters. The molecule has 2 N–H and O–H groups in total. The van der Waals surface area contributed by atoms with Crippen LogP contribution in [0.4, 0.5) is 0 Å². The van der Waals surface area contributed by atoms with Gasteiger partial charge in [-0.05, 0) is 36.6 Å². The number of hydrogen-bond acceptors (Lipinski definition) is 4. The number of nitriles is 1. The zero-order valence-corrected chi connectivity index (χ0v) is 11.1. The zero-order chi connectivity index (χ0) is 13.5. The average Bonchev–Trinajstić information content (AvgIpc) is 2.35. The molecule has 4 nitrogen and oxygen atoms in total. The van der Waals surface area contributed by atoms with Crippen molar-refractivity contribution in [1.82, 2.24) is 5.32 Å². The van der Waals surface area contributed by atoms with Gasteiger partial charge in [-0.15, -0.1) is 0 Å². The molecule has 0 heterocycles. The first kappa shape index (κ1) is 14.3. The summed E-state index contributed by atoms with van der Waals surface area (Å²) in [6.45, 7) is 5.08. The summed E-state index contributed by atoms with van der Waals surface area (Å²) in [6, 6.07) is 6.80. The number of ether oxygens (including phenoxy) is 1. The summed E-state index contributed by atoms with van der Waals surface area (Å²) >= 11 is 0. The molecule has 0 aliphatic heterocycles. The minimum atomic E-state index is -0.377. The summed E-state index contributed by atoms with van der Waals surface area (Å²) in [5.41, 5.74) is 0.802. The molecule has 0 aliphatic carbocycles. The number of methoxy groups -OCH3 is 1. The van der Waals surface area contributed by atoms with Gasteiger partial charge in [-0.25, -0.2) is 0 Å². The van der Waals surface area contributed by atoms with Gasteiger partial charge in [-0.3, -0.25) is 5.32 Å². The molecule has 1 rings (SSSR count). The van der Waals surface area contributed by atoms with E-state index in [1.54, 1.807) is 18.2 Å². The Bertz CT molecular complexity index is 424. The fourth-order valence-corrected chi connectivity index (χ4v) is 1.63. The number of benzene rings is 1. The van der Waals surface area contributed by atoms with Crippen LogP contribution in [0.2, 0.25) is 0 Å². The molecule has 0 fully saturated rings. The summed E-state index contributed by atoms with van der Waals surface area (Å²) in [4.78, 5) is 0. The van der Waals surface area contributed by atoms with Gasteiger partial charge in [-0.2, -0.15) is 5.26 Å². The molecule has 0 bridgehead atoms. The second-order valence-corrected chi connectivity index (χ2v) is 4.63.